The van der Waals surface area contributed by atoms with E-state index < -0.39 is 9.85 Å². The van der Waals surface area contributed by atoms with E-state index in [4.69, 9.17) is 0 Å². The lowest BCUT2D eigenvalue weighted by Gasteiger charge is -1.92. The Bertz CT molecular complexity index is 1470. The number of aromatic nitrogens is 4. The zero-order valence-electron chi connectivity index (χ0n) is 20.9. The van der Waals surface area contributed by atoms with E-state index in [0.29, 0.717) is 22.6 Å². The number of hydrogen-bond donors (Lipinski definition) is 0. The van der Waals surface area contributed by atoms with Gasteiger partial charge in [-0.2, -0.15) is 0 Å². The van der Waals surface area contributed by atoms with Gasteiger partial charge in [-0.05, 0) is 22.6 Å². The minimum atomic E-state index is -0.479. The van der Waals surface area contributed by atoms with Crippen LogP contribution in [0.2, 0.25) is 0 Å². The molecule has 2 aromatic carbocycles. The summed E-state index contributed by atoms with van der Waals surface area (Å²) in [7, 11) is 7.34. The lowest BCUT2D eigenvalue weighted by molar-refractivity contribution is -0.385. The van der Waals surface area contributed by atoms with Crippen molar-refractivity contribution in [2.75, 3.05) is 0 Å². The van der Waals surface area contributed by atoms with Crippen molar-refractivity contribution in [3.8, 4) is 0 Å². The number of nitro benzene ring substituents is 2. The first-order valence-corrected chi connectivity index (χ1v) is 10.9. The molecule has 0 unspecified atom stereocenters. The lowest BCUT2D eigenvalue weighted by Crippen LogP contribution is -2.20. The zero-order valence-corrected chi connectivity index (χ0v) is 20.9. The van der Waals surface area contributed by atoms with Gasteiger partial charge in [0.05, 0.1) is 21.2 Å². The summed E-state index contributed by atoms with van der Waals surface area (Å²) in [6.07, 6.45) is 7.34. The Morgan fingerprint density at radius 3 is 1.26 bits per heavy atom. The smallest absolute Gasteiger partial charge is 0.271 e. The SMILES string of the molecule is Cn1ccn(C)c1=NN=Nc1cccc([N+](=O)[O-])c1.Cn1ccn(C)c1=NN=Nc1cccc([N+](=O)[O-])c1. The van der Waals surface area contributed by atoms with Crippen LogP contribution in [0.1, 0.15) is 0 Å². The molecule has 0 atom stereocenters. The van der Waals surface area contributed by atoms with E-state index in [-0.39, 0.29) is 11.4 Å². The normalized spacial score (nSPS) is 10.8. The van der Waals surface area contributed by atoms with Gasteiger partial charge in [-0.3, -0.25) is 20.2 Å². The van der Waals surface area contributed by atoms with Crippen molar-refractivity contribution in [1.82, 2.24) is 18.3 Å². The van der Waals surface area contributed by atoms with Gasteiger partial charge in [0.1, 0.15) is 0 Å². The second-order valence-corrected chi connectivity index (χ2v) is 7.77. The Morgan fingerprint density at radius 1 is 0.605 bits per heavy atom. The molecule has 4 rings (SSSR count). The summed E-state index contributed by atoms with van der Waals surface area (Å²) in [5.41, 5.74) is 1.95. The van der Waals surface area contributed by atoms with Crippen molar-refractivity contribution >= 4 is 22.7 Å². The molecular formula is C22H24N12O4. The molecule has 2 heterocycles. The molecule has 2 aromatic heterocycles. The molecule has 0 aliphatic heterocycles. The van der Waals surface area contributed by atoms with E-state index >= 15 is 0 Å². The first kappa shape index (κ1) is 27.1. The molecule has 0 aliphatic rings. The Kier molecular flexibility index (Phi) is 8.85. The van der Waals surface area contributed by atoms with Crippen LogP contribution in [-0.4, -0.2) is 28.1 Å². The van der Waals surface area contributed by atoms with Crippen LogP contribution in [0.4, 0.5) is 22.7 Å². The van der Waals surface area contributed by atoms with Crippen LogP contribution in [0.15, 0.2) is 104 Å². The van der Waals surface area contributed by atoms with Gasteiger partial charge < -0.3 is 18.3 Å². The standard InChI is InChI=1S/2C11H12N6O2/c2*1-15-6-7-16(2)11(15)13-14-12-9-4-3-5-10(8-9)17(18)19/h2*3-8H,1-2H3. The maximum Gasteiger partial charge on any atom is 0.271 e. The molecule has 0 bridgehead atoms. The van der Waals surface area contributed by atoms with E-state index in [1.165, 1.54) is 24.3 Å². The summed E-state index contributed by atoms with van der Waals surface area (Å²) in [4.78, 5) is 20.3. The van der Waals surface area contributed by atoms with Crippen molar-refractivity contribution in [2.45, 2.75) is 0 Å². The van der Waals surface area contributed by atoms with Gasteiger partial charge in [0.15, 0.2) is 0 Å². The molecule has 0 amide bonds. The highest BCUT2D eigenvalue weighted by Crippen LogP contribution is 2.20. The fourth-order valence-electron chi connectivity index (χ4n) is 3.01. The first-order chi connectivity index (χ1) is 18.2. The highest BCUT2D eigenvalue weighted by atomic mass is 16.6. The quantitative estimate of drug-likeness (QED) is 0.213. The second kappa shape index (κ2) is 12.4. The Morgan fingerprint density at radius 2 is 0.947 bits per heavy atom. The van der Waals surface area contributed by atoms with Crippen molar-refractivity contribution in [1.29, 1.82) is 0 Å². The predicted octanol–water partition coefficient (Wildman–Crippen LogP) is 3.74. The molecule has 38 heavy (non-hydrogen) atoms. The molecule has 0 saturated carbocycles. The highest BCUT2D eigenvalue weighted by molar-refractivity contribution is 5.46. The summed E-state index contributed by atoms with van der Waals surface area (Å²) in [5, 5.41) is 44.2. The number of aryl methyl sites for hydroxylation is 4. The van der Waals surface area contributed by atoms with Crippen LogP contribution >= 0.6 is 0 Å². The van der Waals surface area contributed by atoms with Gasteiger partial charge in [0.2, 0.25) is 11.2 Å². The second-order valence-electron chi connectivity index (χ2n) is 7.77. The molecule has 4 aromatic rings. The molecular weight excluding hydrogens is 496 g/mol. The van der Waals surface area contributed by atoms with Gasteiger partial charge >= 0.3 is 0 Å². The van der Waals surface area contributed by atoms with Crippen LogP contribution < -0.4 is 11.2 Å². The summed E-state index contributed by atoms with van der Waals surface area (Å²) in [6.45, 7) is 0. The molecule has 0 saturated heterocycles. The molecule has 0 radical (unpaired) electrons. The molecule has 16 nitrogen and oxygen atoms in total. The topological polar surface area (TPSA) is 180 Å². The van der Waals surface area contributed by atoms with Crippen molar-refractivity contribution in [3.63, 3.8) is 0 Å². The zero-order chi connectivity index (χ0) is 27.7. The van der Waals surface area contributed by atoms with Crippen LogP contribution in [0.3, 0.4) is 0 Å². The fourth-order valence-corrected chi connectivity index (χ4v) is 3.01. The molecule has 0 N–H and O–H groups in total. The van der Waals surface area contributed by atoms with E-state index in [1.807, 2.05) is 53.0 Å². The van der Waals surface area contributed by atoms with Gasteiger partial charge in [-0.15, -0.1) is 10.2 Å². The molecule has 0 aliphatic carbocycles. The van der Waals surface area contributed by atoms with Gasteiger partial charge in [-0.1, -0.05) is 22.3 Å². The first-order valence-electron chi connectivity index (χ1n) is 10.9. The number of benzene rings is 2. The minimum absolute atomic E-state index is 0.0270. The monoisotopic (exact) mass is 520 g/mol. The van der Waals surface area contributed by atoms with E-state index in [9.17, 15) is 20.2 Å². The summed E-state index contributed by atoms with van der Waals surface area (Å²) < 4.78 is 7.14. The van der Waals surface area contributed by atoms with Crippen molar-refractivity contribution < 1.29 is 9.85 Å². The average Bonchev–Trinajstić information content (AvgIpc) is 3.39. The van der Waals surface area contributed by atoms with E-state index in [1.54, 1.807) is 42.5 Å². The average molecular weight is 521 g/mol. The number of nitro groups is 2. The summed E-state index contributed by atoms with van der Waals surface area (Å²) >= 11 is 0. The summed E-state index contributed by atoms with van der Waals surface area (Å²) in [6, 6.07) is 11.8. The van der Waals surface area contributed by atoms with Crippen LogP contribution in [0.5, 0.6) is 0 Å². The van der Waals surface area contributed by atoms with Crippen LogP contribution in [0.25, 0.3) is 0 Å². The third kappa shape index (κ3) is 7.23. The Hall–Kier alpha value is -5.54. The Balaban J connectivity index is 0.000000211. The van der Waals surface area contributed by atoms with Gasteiger partial charge in [0, 0.05) is 77.2 Å². The van der Waals surface area contributed by atoms with Crippen LogP contribution in [-0.2, 0) is 28.2 Å². The summed E-state index contributed by atoms with van der Waals surface area (Å²) in [5.74, 6) is 0. The maximum absolute atomic E-state index is 10.6. The largest absolute Gasteiger partial charge is 0.319 e. The third-order valence-electron chi connectivity index (χ3n) is 4.96. The molecule has 16 heteroatoms. The molecule has 196 valence electrons. The van der Waals surface area contributed by atoms with Gasteiger partial charge in [-0.25, -0.2) is 0 Å². The number of nitrogens with zero attached hydrogens (tertiary/aromatic N) is 12. The number of hydrogen-bond acceptors (Lipinski definition) is 8. The molecule has 0 spiro atoms. The predicted molar refractivity (Wildman–Crippen MR) is 135 cm³/mol. The molecule has 0 fully saturated rings. The van der Waals surface area contributed by atoms with E-state index in [2.05, 4.69) is 30.9 Å². The minimum Gasteiger partial charge on any atom is -0.319 e. The maximum atomic E-state index is 10.6. The van der Waals surface area contributed by atoms with E-state index in [0.717, 1.165) is 0 Å². The third-order valence-corrected chi connectivity index (χ3v) is 4.96. The number of rotatable bonds is 6. The van der Waals surface area contributed by atoms with Crippen molar-refractivity contribution in [3.05, 3.63) is 105 Å². The van der Waals surface area contributed by atoms with Crippen LogP contribution in [0, 0.1) is 20.2 Å². The number of non-ortho nitro benzene ring substituents is 2. The van der Waals surface area contributed by atoms with Crippen molar-refractivity contribution in [2.24, 2.45) is 59.1 Å². The highest BCUT2D eigenvalue weighted by Gasteiger charge is 2.05. The number of imidazole rings is 2. The fraction of sp³-hybridized carbons (Fsp3) is 0.182. The lowest BCUT2D eigenvalue weighted by atomic mass is 10.3. The Labute approximate surface area is 215 Å². The van der Waals surface area contributed by atoms with Gasteiger partial charge in [0.25, 0.3) is 11.4 Å².